The fourth-order valence-electron chi connectivity index (χ4n) is 2.71. The number of piperidine rings is 1. The van der Waals surface area contributed by atoms with Gasteiger partial charge in [0.05, 0.1) is 5.69 Å². The number of carbonyl (C=O) groups is 1. The molecule has 3 rings (SSSR count). The van der Waals surface area contributed by atoms with Gasteiger partial charge in [-0.1, -0.05) is 18.7 Å². The Morgan fingerprint density at radius 3 is 2.83 bits per heavy atom. The fraction of sp³-hybridized carbons (Fsp3) is 0.278. The lowest BCUT2D eigenvalue weighted by atomic mass is 10.1. The van der Waals surface area contributed by atoms with Gasteiger partial charge in [0.15, 0.2) is 0 Å². The first-order valence-electron chi connectivity index (χ1n) is 7.71. The first-order valence-corrected chi connectivity index (χ1v) is 7.71. The Kier molecular flexibility index (Phi) is 4.66. The summed E-state index contributed by atoms with van der Waals surface area (Å²) in [7, 11) is 0. The van der Waals surface area contributed by atoms with Crippen LogP contribution in [0, 0.1) is 0 Å². The maximum atomic E-state index is 11.6. The van der Waals surface area contributed by atoms with Crippen LogP contribution in [0.2, 0.25) is 0 Å². The lowest BCUT2D eigenvalue weighted by Crippen LogP contribution is -2.41. The van der Waals surface area contributed by atoms with Crippen molar-refractivity contribution in [3.8, 4) is 17.0 Å². The molecule has 0 spiro atoms. The van der Waals surface area contributed by atoms with Crippen LogP contribution in [0.25, 0.3) is 11.3 Å². The van der Waals surface area contributed by atoms with E-state index in [2.05, 4.69) is 16.5 Å². The summed E-state index contributed by atoms with van der Waals surface area (Å²) in [6.45, 7) is 4.95. The summed E-state index contributed by atoms with van der Waals surface area (Å²) in [4.78, 5) is 21.6. The number of amides is 1. The Balaban J connectivity index is 1.63. The lowest BCUT2D eigenvalue weighted by molar-refractivity contribution is -0.127. The molecule has 5 heteroatoms. The Bertz CT molecular complexity index is 680. The van der Waals surface area contributed by atoms with E-state index >= 15 is 0 Å². The van der Waals surface area contributed by atoms with E-state index in [0.717, 1.165) is 29.8 Å². The van der Waals surface area contributed by atoms with E-state index in [1.54, 1.807) is 6.20 Å². The second-order valence-corrected chi connectivity index (χ2v) is 5.47. The minimum Gasteiger partial charge on any atom is -0.490 e. The molecule has 1 aromatic heterocycles. The molecule has 1 aromatic carbocycles. The van der Waals surface area contributed by atoms with Crippen LogP contribution in [-0.2, 0) is 4.79 Å². The quantitative estimate of drug-likeness (QED) is 0.815. The second kappa shape index (κ2) is 7.05. The van der Waals surface area contributed by atoms with Crippen LogP contribution >= 0.6 is 0 Å². The first kappa shape index (κ1) is 15.2. The molecule has 0 atom stereocenters. The van der Waals surface area contributed by atoms with Crippen molar-refractivity contribution >= 4 is 5.91 Å². The minimum absolute atomic E-state index is 0.00536. The van der Waals surface area contributed by atoms with Crippen molar-refractivity contribution < 1.29 is 9.53 Å². The minimum atomic E-state index is -0.00536. The fourth-order valence-corrected chi connectivity index (χ4v) is 2.71. The summed E-state index contributed by atoms with van der Waals surface area (Å²) in [6.07, 6.45) is 6.42. The van der Waals surface area contributed by atoms with Crippen molar-refractivity contribution in [2.75, 3.05) is 13.1 Å². The van der Waals surface area contributed by atoms with E-state index in [9.17, 15) is 4.79 Å². The van der Waals surface area contributed by atoms with Gasteiger partial charge in [0.25, 0.3) is 0 Å². The number of hydrogen-bond donors (Lipinski definition) is 0. The molecule has 0 unspecified atom stereocenters. The summed E-state index contributed by atoms with van der Waals surface area (Å²) in [6, 6.07) is 9.78. The molecule has 1 amide bonds. The molecule has 0 aliphatic carbocycles. The van der Waals surface area contributed by atoms with Crippen LogP contribution in [0.1, 0.15) is 12.8 Å². The number of hydrogen-bond acceptors (Lipinski definition) is 4. The SMILES string of the molecule is C=CC(=O)N1CCC(Oc2cccc(-c3ccncn3)c2)CC1. The maximum Gasteiger partial charge on any atom is 0.245 e. The van der Waals surface area contributed by atoms with Gasteiger partial charge >= 0.3 is 0 Å². The van der Waals surface area contributed by atoms with Gasteiger partial charge in [0.1, 0.15) is 18.2 Å². The van der Waals surface area contributed by atoms with Crippen molar-refractivity contribution in [1.82, 2.24) is 14.9 Å². The van der Waals surface area contributed by atoms with Crippen LogP contribution in [0.15, 0.2) is 55.5 Å². The van der Waals surface area contributed by atoms with Gasteiger partial charge in [-0.25, -0.2) is 9.97 Å². The van der Waals surface area contributed by atoms with Gasteiger partial charge < -0.3 is 9.64 Å². The van der Waals surface area contributed by atoms with Gasteiger partial charge in [-0.2, -0.15) is 0 Å². The van der Waals surface area contributed by atoms with Crippen LogP contribution in [-0.4, -0.2) is 40.0 Å². The molecular weight excluding hydrogens is 290 g/mol. The van der Waals surface area contributed by atoms with E-state index in [-0.39, 0.29) is 12.0 Å². The molecule has 1 fully saturated rings. The summed E-state index contributed by atoms with van der Waals surface area (Å²) < 4.78 is 6.07. The van der Waals surface area contributed by atoms with E-state index in [1.165, 1.54) is 12.4 Å². The van der Waals surface area contributed by atoms with E-state index in [1.807, 2.05) is 35.2 Å². The molecule has 118 valence electrons. The van der Waals surface area contributed by atoms with Crippen molar-refractivity contribution in [1.29, 1.82) is 0 Å². The highest BCUT2D eigenvalue weighted by Crippen LogP contribution is 2.24. The first-order chi connectivity index (χ1) is 11.3. The van der Waals surface area contributed by atoms with Crippen molar-refractivity contribution in [2.45, 2.75) is 18.9 Å². The van der Waals surface area contributed by atoms with E-state index in [4.69, 9.17) is 4.74 Å². The number of rotatable bonds is 4. The zero-order valence-corrected chi connectivity index (χ0v) is 12.9. The predicted octanol–water partition coefficient (Wildman–Crippen LogP) is 2.70. The molecule has 1 aliphatic rings. The molecule has 1 aliphatic heterocycles. The van der Waals surface area contributed by atoms with Gasteiger partial charge in [-0.15, -0.1) is 0 Å². The summed E-state index contributed by atoms with van der Waals surface area (Å²) >= 11 is 0. The summed E-state index contributed by atoms with van der Waals surface area (Å²) in [5.41, 5.74) is 1.88. The number of benzene rings is 1. The molecular formula is C18H19N3O2. The number of nitrogens with zero attached hydrogens (tertiary/aromatic N) is 3. The molecule has 0 saturated carbocycles. The molecule has 23 heavy (non-hydrogen) atoms. The van der Waals surface area contributed by atoms with Crippen molar-refractivity contribution in [3.63, 3.8) is 0 Å². The average Bonchev–Trinajstić information content (AvgIpc) is 2.63. The van der Waals surface area contributed by atoms with Crippen molar-refractivity contribution in [3.05, 3.63) is 55.5 Å². The van der Waals surface area contributed by atoms with Crippen molar-refractivity contribution in [2.24, 2.45) is 0 Å². The van der Waals surface area contributed by atoms with Gasteiger partial charge in [0.2, 0.25) is 5.91 Å². The number of aromatic nitrogens is 2. The van der Waals surface area contributed by atoms with Gasteiger partial charge in [-0.05, 0) is 24.3 Å². The van der Waals surface area contributed by atoms with E-state index < -0.39 is 0 Å². The predicted molar refractivity (Wildman–Crippen MR) is 87.9 cm³/mol. The van der Waals surface area contributed by atoms with Crippen LogP contribution in [0.3, 0.4) is 0 Å². The number of carbonyl (C=O) groups excluding carboxylic acids is 1. The Hall–Kier alpha value is -2.69. The van der Waals surface area contributed by atoms with Gasteiger partial charge in [0, 0.05) is 37.7 Å². The highest BCUT2D eigenvalue weighted by Gasteiger charge is 2.22. The lowest BCUT2D eigenvalue weighted by Gasteiger charge is -2.31. The summed E-state index contributed by atoms with van der Waals surface area (Å²) in [5, 5.41) is 0. The molecule has 0 radical (unpaired) electrons. The summed E-state index contributed by atoms with van der Waals surface area (Å²) in [5.74, 6) is 0.823. The standard InChI is InChI=1S/C18H19N3O2/c1-2-18(22)21-10-7-15(8-11-21)23-16-5-3-4-14(12-16)17-6-9-19-13-20-17/h2-6,9,12-13,15H,1,7-8,10-11H2. The molecule has 1 saturated heterocycles. The third kappa shape index (κ3) is 3.74. The second-order valence-electron chi connectivity index (χ2n) is 5.47. The Morgan fingerprint density at radius 2 is 2.13 bits per heavy atom. The third-order valence-electron chi connectivity index (χ3n) is 3.94. The zero-order chi connectivity index (χ0) is 16.1. The molecule has 5 nitrogen and oxygen atoms in total. The Labute approximate surface area is 135 Å². The molecule has 0 bridgehead atoms. The smallest absolute Gasteiger partial charge is 0.245 e. The monoisotopic (exact) mass is 309 g/mol. The molecule has 2 heterocycles. The van der Waals surface area contributed by atoms with Crippen LogP contribution < -0.4 is 4.74 Å². The number of ether oxygens (including phenoxy) is 1. The topological polar surface area (TPSA) is 55.3 Å². The van der Waals surface area contributed by atoms with Crippen LogP contribution in [0.4, 0.5) is 0 Å². The van der Waals surface area contributed by atoms with Crippen LogP contribution in [0.5, 0.6) is 5.75 Å². The largest absolute Gasteiger partial charge is 0.490 e. The molecule has 0 N–H and O–H groups in total. The highest BCUT2D eigenvalue weighted by molar-refractivity contribution is 5.87. The van der Waals surface area contributed by atoms with Gasteiger partial charge in [-0.3, -0.25) is 4.79 Å². The normalized spacial score (nSPS) is 15.2. The average molecular weight is 309 g/mol. The molecule has 2 aromatic rings. The zero-order valence-electron chi connectivity index (χ0n) is 12.9. The Morgan fingerprint density at radius 1 is 1.30 bits per heavy atom. The number of likely N-dealkylation sites (tertiary alicyclic amines) is 1. The maximum absolute atomic E-state index is 11.6. The third-order valence-corrected chi connectivity index (χ3v) is 3.94. The van der Waals surface area contributed by atoms with E-state index in [0.29, 0.717) is 13.1 Å². The highest BCUT2D eigenvalue weighted by atomic mass is 16.5.